The molecule has 0 saturated carbocycles. The average Bonchev–Trinajstić information content (AvgIpc) is 2.54. The minimum atomic E-state index is 0.466. The predicted octanol–water partition coefficient (Wildman–Crippen LogP) is 3.78. The monoisotopic (exact) mass is 285 g/mol. The fraction of sp³-hybridized carbons (Fsp3) is 0.333. The summed E-state index contributed by atoms with van der Waals surface area (Å²) < 4.78 is 10.8. The van der Waals surface area contributed by atoms with E-state index in [1.54, 1.807) is 14.2 Å². The first kappa shape index (κ1) is 15.4. The van der Waals surface area contributed by atoms with Crippen molar-refractivity contribution in [3.8, 4) is 22.6 Å². The van der Waals surface area contributed by atoms with Crippen molar-refractivity contribution in [2.75, 3.05) is 14.2 Å². The molecule has 0 fully saturated rings. The molecule has 0 unspecified atom stereocenters. The highest BCUT2D eigenvalue weighted by Crippen LogP contribution is 2.35. The molecule has 0 radical (unpaired) electrons. The summed E-state index contributed by atoms with van der Waals surface area (Å²) in [5.41, 5.74) is 10.6. The van der Waals surface area contributed by atoms with Gasteiger partial charge in [-0.2, -0.15) is 0 Å². The fourth-order valence-electron chi connectivity index (χ4n) is 2.54. The molecule has 3 heteroatoms. The van der Waals surface area contributed by atoms with Crippen LogP contribution in [0.2, 0.25) is 0 Å². The topological polar surface area (TPSA) is 44.5 Å². The lowest BCUT2D eigenvalue weighted by Crippen LogP contribution is -2.01. The Hall–Kier alpha value is -2.00. The van der Waals surface area contributed by atoms with Crippen molar-refractivity contribution in [2.24, 2.45) is 5.73 Å². The molecule has 2 N–H and O–H groups in total. The summed E-state index contributed by atoms with van der Waals surface area (Å²) in [6, 6.07) is 12.6. The predicted molar refractivity (Wildman–Crippen MR) is 86.9 cm³/mol. The number of hydrogen-bond donors (Lipinski definition) is 1. The molecule has 2 rings (SSSR count). The number of benzene rings is 2. The van der Waals surface area contributed by atoms with Gasteiger partial charge in [-0.3, -0.25) is 0 Å². The Bertz CT molecular complexity index is 608. The van der Waals surface area contributed by atoms with Crippen molar-refractivity contribution < 1.29 is 9.47 Å². The number of ether oxygens (including phenoxy) is 2. The molecule has 2 aromatic rings. The van der Waals surface area contributed by atoms with E-state index in [0.717, 1.165) is 29.7 Å². The molecule has 0 bridgehead atoms. The molecule has 0 aliphatic rings. The highest BCUT2D eigenvalue weighted by Gasteiger charge is 2.12. The molecule has 0 aliphatic heterocycles. The van der Waals surface area contributed by atoms with Crippen LogP contribution in [-0.4, -0.2) is 14.2 Å². The molecular weight excluding hydrogens is 262 g/mol. The van der Waals surface area contributed by atoms with Crippen LogP contribution in [0.15, 0.2) is 36.4 Å². The summed E-state index contributed by atoms with van der Waals surface area (Å²) in [6.07, 6.45) is 2.22. The number of methoxy groups -OCH3 is 2. The highest BCUT2D eigenvalue weighted by atomic mass is 16.5. The lowest BCUT2D eigenvalue weighted by molar-refractivity contribution is 0.354. The Morgan fingerprint density at radius 2 is 1.71 bits per heavy atom. The summed E-state index contributed by atoms with van der Waals surface area (Å²) >= 11 is 0. The molecule has 0 spiro atoms. The van der Waals surface area contributed by atoms with E-state index in [1.165, 1.54) is 11.1 Å². The maximum atomic E-state index is 5.90. The third-order valence-corrected chi connectivity index (χ3v) is 3.61. The van der Waals surface area contributed by atoms with E-state index in [1.807, 2.05) is 12.1 Å². The summed E-state index contributed by atoms with van der Waals surface area (Å²) in [7, 11) is 3.29. The van der Waals surface area contributed by atoms with Crippen LogP contribution in [0.3, 0.4) is 0 Å². The van der Waals surface area contributed by atoms with Gasteiger partial charge in [0.15, 0.2) is 11.5 Å². The van der Waals surface area contributed by atoms with Gasteiger partial charge in [0.05, 0.1) is 14.2 Å². The molecular formula is C18H23NO2. The van der Waals surface area contributed by atoms with Crippen molar-refractivity contribution in [3.05, 3.63) is 47.5 Å². The molecule has 2 aromatic carbocycles. The number of hydrogen-bond acceptors (Lipinski definition) is 3. The molecule has 21 heavy (non-hydrogen) atoms. The van der Waals surface area contributed by atoms with E-state index in [2.05, 4.69) is 31.2 Å². The van der Waals surface area contributed by atoms with Crippen molar-refractivity contribution in [2.45, 2.75) is 26.3 Å². The zero-order valence-corrected chi connectivity index (χ0v) is 13.0. The molecule has 112 valence electrons. The van der Waals surface area contributed by atoms with Gasteiger partial charge in [0.2, 0.25) is 0 Å². The van der Waals surface area contributed by atoms with Crippen molar-refractivity contribution in [1.82, 2.24) is 0 Å². The van der Waals surface area contributed by atoms with Gasteiger partial charge in [0.25, 0.3) is 0 Å². The SMILES string of the molecule is CCCc1cccc(-c2cc(OC)c(OC)cc2CN)c1. The van der Waals surface area contributed by atoms with Gasteiger partial charge in [0.1, 0.15) is 0 Å². The minimum Gasteiger partial charge on any atom is -0.493 e. The van der Waals surface area contributed by atoms with Crippen LogP contribution in [0.5, 0.6) is 11.5 Å². The van der Waals surface area contributed by atoms with Gasteiger partial charge in [0, 0.05) is 6.54 Å². The summed E-state index contributed by atoms with van der Waals surface area (Å²) in [6.45, 7) is 2.65. The molecule has 0 saturated heterocycles. The van der Waals surface area contributed by atoms with E-state index in [-0.39, 0.29) is 0 Å². The molecule has 0 atom stereocenters. The van der Waals surface area contributed by atoms with Crippen molar-refractivity contribution in [3.63, 3.8) is 0 Å². The zero-order valence-electron chi connectivity index (χ0n) is 13.0. The van der Waals surface area contributed by atoms with Crippen LogP contribution < -0.4 is 15.2 Å². The summed E-state index contributed by atoms with van der Waals surface area (Å²) in [5, 5.41) is 0. The van der Waals surface area contributed by atoms with E-state index >= 15 is 0 Å². The van der Waals surface area contributed by atoms with Crippen molar-refractivity contribution in [1.29, 1.82) is 0 Å². The number of rotatable bonds is 6. The number of nitrogens with two attached hydrogens (primary N) is 1. The van der Waals surface area contributed by atoms with Gasteiger partial charge in [-0.25, -0.2) is 0 Å². The largest absolute Gasteiger partial charge is 0.493 e. The van der Waals surface area contributed by atoms with Crippen molar-refractivity contribution >= 4 is 0 Å². The van der Waals surface area contributed by atoms with Gasteiger partial charge in [-0.05, 0) is 40.8 Å². The van der Waals surface area contributed by atoms with Gasteiger partial charge in [-0.15, -0.1) is 0 Å². The Morgan fingerprint density at radius 3 is 2.33 bits per heavy atom. The van der Waals surface area contributed by atoms with Crippen LogP contribution in [0.1, 0.15) is 24.5 Å². The Balaban J connectivity index is 2.53. The molecule has 0 amide bonds. The van der Waals surface area contributed by atoms with E-state index in [4.69, 9.17) is 15.2 Å². The van der Waals surface area contributed by atoms with Crippen LogP contribution in [0.4, 0.5) is 0 Å². The Kier molecular flexibility index (Phi) is 5.23. The van der Waals surface area contributed by atoms with Crippen LogP contribution in [0, 0.1) is 0 Å². The number of aryl methyl sites for hydroxylation is 1. The Morgan fingerprint density at radius 1 is 1.00 bits per heavy atom. The lowest BCUT2D eigenvalue weighted by atomic mass is 9.96. The fourth-order valence-corrected chi connectivity index (χ4v) is 2.54. The van der Waals surface area contributed by atoms with E-state index in [9.17, 15) is 0 Å². The van der Waals surface area contributed by atoms with Gasteiger partial charge in [-0.1, -0.05) is 37.6 Å². The molecule has 0 aliphatic carbocycles. The highest BCUT2D eigenvalue weighted by molar-refractivity contribution is 5.71. The van der Waals surface area contributed by atoms with E-state index in [0.29, 0.717) is 12.3 Å². The standard InChI is InChI=1S/C18H23NO2/c1-4-6-13-7-5-8-14(9-13)16-11-18(21-3)17(20-2)10-15(16)12-19/h5,7-11H,4,6,12,19H2,1-3H3. The maximum Gasteiger partial charge on any atom is 0.161 e. The lowest BCUT2D eigenvalue weighted by Gasteiger charge is -2.15. The first-order chi connectivity index (χ1) is 10.2. The second kappa shape index (κ2) is 7.14. The second-order valence-electron chi connectivity index (χ2n) is 5.02. The maximum absolute atomic E-state index is 5.90. The molecule has 3 nitrogen and oxygen atoms in total. The first-order valence-corrected chi connectivity index (χ1v) is 7.27. The van der Waals surface area contributed by atoms with Gasteiger partial charge < -0.3 is 15.2 Å². The van der Waals surface area contributed by atoms with E-state index < -0.39 is 0 Å². The molecule has 0 heterocycles. The second-order valence-corrected chi connectivity index (χ2v) is 5.02. The van der Waals surface area contributed by atoms with Gasteiger partial charge >= 0.3 is 0 Å². The molecule has 0 aromatic heterocycles. The normalized spacial score (nSPS) is 10.5. The Labute approximate surface area is 126 Å². The quantitative estimate of drug-likeness (QED) is 0.878. The third kappa shape index (κ3) is 3.37. The minimum absolute atomic E-state index is 0.466. The van der Waals surface area contributed by atoms with Crippen LogP contribution >= 0.6 is 0 Å². The first-order valence-electron chi connectivity index (χ1n) is 7.27. The van der Waals surface area contributed by atoms with Crippen LogP contribution in [-0.2, 0) is 13.0 Å². The smallest absolute Gasteiger partial charge is 0.161 e. The summed E-state index contributed by atoms with van der Waals surface area (Å²) in [4.78, 5) is 0. The average molecular weight is 285 g/mol. The third-order valence-electron chi connectivity index (χ3n) is 3.61. The summed E-state index contributed by atoms with van der Waals surface area (Å²) in [5.74, 6) is 1.44. The zero-order chi connectivity index (χ0) is 15.2. The van der Waals surface area contributed by atoms with Crippen LogP contribution in [0.25, 0.3) is 11.1 Å².